The highest BCUT2D eigenvalue weighted by Crippen LogP contribution is 2.19. The van der Waals surface area contributed by atoms with Crippen molar-refractivity contribution in [3.63, 3.8) is 0 Å². The molecule has 7 heteroatoms. The number of hydrogen-bond donors (Lipinski definition) is 2. The second kappa shape index (κ2) is 8.05. The van der Waals surface area contributed by atoms with Gasteiger partial charge in [0.15, 0.2) is 11.6 Å². The average Bonchev–Trinajstić information content (AvgIpc) is 2.84. The van der Waals surface area contributed by atoms with E-state index in [0.717, 1.165) is 0 Å². The monoisotopic (exact) mass is 359 g/mol. The van der Waals surface area contributed by atoms with E-state index in [9.17, 15) is 18.8 Å². The molecule has 2 aromatic rings. The van der Waals surface area contributed by atoms with Crippen molar-refractivity contribution >= 4 is 23.2 Å². The highest BCUT2D eigenvalue weighted by Gasteiger charge is 2.21. The molecule has 0 radical (unpaired) electrons. The fourth-order valence-electron chi connectivity index (χ4n) is 2.92. The number of rotatable bonds is 7. The lowest BCUT2D eigenvalue weighted by Crippen LogP contribution is -2.34. The second-order valence-corrected chi connectivity index (χ2v) is 6.33. The lowest BCUT2D eigenvalue weighted by atomic mass is 10.1. The van der Waals surface area contributed by atoms with E-state index in [2.05, 4.69) is 10.3 Å². The van der Waals surface area contributed by atoms with Crippen LogP contribution in [0.4, 0.5) is 10.1 Å². The van der Waals surface area contributed by atoms with E-state index >= 15 is 0 Å². The Kier molecular flexibility index (Phi) is 6.05. The van der Waals surface area contributed by atoms with Gasteiger partial charge in [0.05, 0.1) is 18.8 Å². The van der Waals surface area contributed by atoms with Crippen molar-refractivity contribution in [2.24, 2.45) is 0 Å². The highest BCUT2D eigenvalue weighted by atomic mass is 19.1. The van der Waals surface area contributed by atoms with Crippen molar-refractivity contribution < 1.29 is 18.8 Å². The minimum absolute atomic E-state index is 0.00141. The molecule has 0 fully saturated rings. The maximum atomic E-state index is 12.9. The zero-order valence-electron chi connectivity index (χ0n) is 15.3. The number of aryl methyl sites for hydroxylation is 1. The summed E-state index contributed by atoms with van der Waals surface area (Å²) in [6, 6.07) is 5.44. The van der Waals surface area contributed by atoms with Gasteiger partial charge in [-0.3, -0.25) is 19.3 Å². The van der Waals surface area contributed by atoms with Gasteiger partial charge >= 0.3 is 0 Å². The largest absolute Gasteiger partial charge is 0.355 e. The van der Waals surface area contributed by atoms with Crippen LogP contribution in [0.15, 0.2) is 24.3 Å². The summed E-state index contributed by atoms with van der Waals surface area (Å²) in [6.07, 6.45) is 0. The molecule has 0 saturated heterocycles. The van der Waals surface area contributed by atoms with E-state index in [1.54, 1.807) is 25.8 Å². The molecular formula is C19H22FN3O3. The molecule has 0 unspecified atom stereocenters. The van der Waals surface area contributed by atoms with Crippen molar-refractivity contribution in [3.8, 4) is 0 Å². The maximum Gasteiger partial charge on any atom is 0.238 e. The van der Waals surface area contributed by atoms with Crippen LogP contribution in [-0.4, -0.2) is 47.5 Å². The Balaban J connectivity index is 1.97. The fourth-order valence-corrected chi connectivity index (χ4v) is 2.92. The summed E-state index contributed by atoms with van der Waals surface area (Å²) in [5.41, 5.74) is 2.70. The van der Waals surface area contributed by atoms with Crippen LogP contribution in [0.3, 0.4) is 0 Å². The number of nitrogens with one attached hydrogen (secondary N) is 2. The van der Waals surface area contributed by atoms with Crippen LogP contribution in [0.2, 0.25) is 0 Å². The van der Waals surface area contributed by atoms with Crippen molar-refractivity contribution in [2.45, 2.75) is 20.8 Å². The highest BCUT2D eigenvalue weighted by molar-refractivity contribution is 6.04. The zero-order chi connectivity index (χ0) is 19.4. The third kappa shape index (κ3) is 4.64. The summed E-state index contributed by atoms with van der Waals surface area (Å²) in [4.78, 5) is 40.7. The summed E-state index contributed by atoms with van der Waals surface area (Å²) in [7, 11) is 1.65. The van der Waals surface area contributed by atoms with Crippen LogP contribution >= 0.6 is 0 Å². The number of nitrogens with zero attached hydrogens (tertiary/aromatic N) is 1. The fraction of sp³-hybridized carbons (Fsp3) is 0.316. The normalized spacial score (nSPS) is 10.8. The van der Waals surface area contributed by atoms with Gasteiger partial charge in [0.1, 0.15) is 5.82 Å². The predicted molar refractivity (Wildman–Crippen MR) is 97.1 cm³/mol. The van der Waals surface area contributed by atoms with E-state index in [-0.39, 0.29) is 36.4 Å². The minimum Gasteiger partial charge on any atom is -0.355 e. The average molecular weight is 359 g/mol. The molecule has 0 aliphatic rings. The number of aromatic amines is 1. The first-order valence-corrected chi connectivity index (χ1v) is 8.16. The molecule has 0 aliphatic heterocycles. The van der Waals surface area contributed by atoms with Crippen LogP contribution in [0.5, 0.6) is 0 Å². The third-order valence-electron chi connectivity index (χ3n) is 4.02. The Morgan fingerprint density at radius 3 is 2.27 bits per heavy atom. The van der Waals surface area contributed by atoms with Gasteiger partial charge in [0, 0.05) is 16.9 Å². The topological polar surface area (TPSA) is 82.3 Å². The number of likely N-dealkylation sites (N-methyl/N-ethyl adjacent to an activating group) is 1. The molecule has 1 amide bonds. The van der Waals surface area contributed by atoms with Crippen molar-refractivity contribution in [1.82, 2.24) is 9.88 Å². The number of benzene rings is 1. The molecule has 6 nitrogen and oxygen atoms in total. The number of H-pyrrole nitrogens is 1. The number of amides is 1. The maximum absolute atomic E-state index is 12.9. The number of hydrogen-bond acceptors (Lipinski definition) is 4. The number of Topliss-reactive ketones (excluding diaryl/α,β-unsaturated/α-hetero) is 2. The number of aromatic nitrogens is 1. The molecule has 138 valence electrons. The van der Waals surface area contributed by atoms with E-state index in [1.807, 2.05) is 0 Å². The van der Waals surface area contributed by atoms with Gasteiger partial charge in [-0.05, 0) is 57.6 Å². The number of ketones is 2. The van der Waals surface area contributed by atoms with Crippen LogP contribution in [0, 0.1) is 19.7 Å². The van der Waals surface area contributed by atoms with E-state index in [0.29, 0.717) is 28.2 Å². The van der Waals surface area contributed by atoms with Crippen molar-refractivity contribution in [1.29, 1.82) is 0 Å². The smallest absolute Gasteiger partial charge is 0.238 e. The van der Waals surface area contributed by atoms with Crippen molar-refractivity contribution in [2.75, 3.05) is 25.5 Å². The van der Waals surface area contributed by atoms with Gasteiger partial charge in [0.25, 0.3) is 0 Å². The second-order valence-electron chi connectivity index (χ2n) is 6.33. The van der Waals surface area contributed by atoms with Gasteiger partial charge in [-0.1, -0.05) is 0 Å². The molecule has 1 aromatic heterocycles. The molecule has 0 bridgehead atoms. The van der Waals surface area contributed by atoms with Crippen molar-refractivity contribution in [3.05, 3.63) is 52.6 Å². The van der Waals surface area contributed by atoms with Gasteiger partial charge < -0.3 is 10.3 Å². The SMILES string of the molecule is CC(=O)c1c(C)[nH]c(C(=O)CN(C)CC(=O)Nc2ccc(F)cc2)c1C. The minimum atomic E-state index is -0.382. The first-order chi connectivity index (χ1) is 12.2. The lowest BCUT2D eigenvalue weighted by molar-refractivity contribution is -0.116. The van der Waals surface area contributed by atoms with Crippen LogP contribution in [-0.2, 0) is 4.79 Å². The standard InChI is InChI=1S/C19H22FN3O3/c1-11-18(13(3)24)12(2)21-19(11)16(25)9-23(4)10-17(26)22-15-7-5-14(20)6-8-15/h5-8,21H,9-10H2,1-4H3,(H,22,26). The molecular weight excluding hydrogens is 337 g/mol. The van der Waals surface area contributed by atoms with E-state index < -0.39 is 0 Å². The summed E-state index contributed by atoms with van der Waals surface area (Å²) < 4.78 is 12.9. The Bertz CT molecular complexity index is 840. The first-order valence-electron chi connectivity index (χ1n) is 8.16. The van der Waals surface area contributed by atoms with Gasteiger partial charge in [-0.15, -0.1) is 0 Å². The van der Waals surface area contributed by atoms with Gasteiger partial charge in [0.2, 0.25) is 5.91 Å². The van der Waals surface area contributed by atoms with Crippen LogP contribution in [0.25, 0.3) is 0 Å². The number of halogens is 1. The molecule has 0 atom stereocenters. The Morgan fingerprint density at radius 1 is 1.12 bits per heavy atom. The summed E-state index contributed by atoms with van der Waals surface area (Å²) >= 11 is 0. The molecule has 0 saturated carbocycles. The van der Waals surface area contributed by atoms with E-state index in [1.165, 1.54) is 31.2 Å². The molecule has 26 heavy (non-hydrogen) atoms. The quantitative estimate of drug-likeness (QED) is 0.745. The zero-order valence-corrected chi connectivity index (χ0v) is 15.3. The first kappa shape index (κ1) is 19.5. The lowest BCUT2D eigenvalue weighted by Gasteiger charge is -2.15. The molecule has 0 spiro atoms. The number of carbonyl (C=O) groups is 3. The molecule has 2 N–H and O–H groups in total. The van der Waals surface area contributed by atoms with E-state index in [4.69, 9.17) is 0 Å². The number of carbonyl (C=O) groups excluding carboxylic acids is 3. The molecule has 2 rings (SSSR count). The van der Waals surface area contributed by atoms with Gasteiger partial charge in [-0.25, -0.2) is 4.39 Å². The van der Waals surface area contributed by atoms with Crippen LogP contribution < -0.4 is 5.32 Å². The molecule has 0 aliphatic carbocycles. The van der Waals surface area contributed by atoms with Crippen LogP contribution in [0.1, 0.15) is 39.0 Å². The number of anilines is 1. The summed E-state index contributed by atoms with van der Waals surface area (Å²) in [5.74, 6) is -0.986. The van der Waals surface area contributed by atoms with Gasteiger partial charge in [-0.2, -0.15) is 0 Å². The predicted octanol–water partition coefficient (Wildman–Crippen LogP) is 2.73. The molecule has 1 aromatic carbocycles. The Morgan fingerprint density at radius 2 is 1.73 bits per heavy atom. The Hall–Kier alpha value is -2.80. The summed E-state index contributed by atoms with van der Waals surface area (Å²) in [6.45, 7) is 4.97. The summed E-state index contributed by atoms with van der Waals surface area (Å²) in [5, 5.41) is 2.64. The molecule has 1 heterocycles. The Labute approximate surface area is 151 Å². The third-order valence-corrected chi connectivity index (χ3v) is 4.02.